The molecule has 148 valence electrons. The predicted octanol–water partition coefficient (Wildman–Crippen LogP) is 1.46. The number of hydrogen-bond acceptors (Lipinski definition) is 5. The van der Waals surface area contributed by atoms with Gasteiger partial charge >= 0.3 is 0 Å². The zero-order valence-electron chi connectivity index (χ0n) is 15.8. The molecule has 1 heterocycles. The Kier molecular flexibility index (Phi) is 7.37. The van der Waals surface area contributed by atoms with Crippen molar-refractivity contribution in [2.75, 3.05) is 13.2 Å². The summed E-state index contributed by atoms with van der Waals surface area (Å²) in [5.74, 6) is 0.270. The number of ether oxygens (including phenoxy) is 1. The molecular weight excluding hydrogens is 368 g/mol. The van der Waals surface area contributed by atoms with E-state index >= 15 is 0 Å². The SMILES string of the molecule is CCOc1ccc(S(=O)(=O)N[C@H](C)C(=O)NCCCn2ccnc2)cc1C. The van der Waals surface area contributed by atoms with Gasteiger partial charge in [0.1, 0.15) is 5.75 Å². The van der Waals surface area contributed by atoms with E-state index in [-0.39, 0.29) is 10.8 Å². The molecule has 0 spiro atoms. The predicted molar refractivity (Wildman–Crippen MR) is 102 cm³/mol. The van der Waals surface area contributed by atoms with Gasteiger partial charge in [-0.1, -0.05) is 0 Å². The van der Waals surface area contributed by atoms with E-state index in [1.807, 2.05) is 17.7 Å². The molecule has 2 aromatic rings. The third kappa shape index (κ3) is 6.07. The number of aromatic nitrogens is 2. The van der Waals surface area contributed by atoms with E-state index in [1.54, 1.807) is 25.5 Å². The molecule has 0 fully saturated rings. The zero-order valence-corrected chi connectivity index (χ0v) is 16.6. The fourth-order valence-electron chi connectivity index (χ4n) is 2.51. The van der Waals surface area contributed by atoms with Crippen LogP contribution in [0.2, 0.25) is 0 Å². The van der Waals surface area contributed by atoms with Crippen LogP contribution in [0.3, 0.4) is 0 Å². The third-order valence-corrected chi connectivity index (χ3v) is 5.47. The Morgan fingerprint density at radius 2 is 2.15 bits per heavy atom. The van der Waals surface area contributed by atoms with Gasteiger partial charge in [-0.15, -0.1) is 0 Å². The van der Waals surface area contributed by atoms with Crippen molar-refractivity contribution in [3.05, 3.63) is 42.5 Å². The molecule has 8 nitrogen and oxygen atoms in total. The summed E-state index contributed by atoms with van der Waals surface area (Å²) in [6.45, 7) is 6.84. The first-order chi connectivity index (χ1) is 12.8. The first-order valence-electron chi connectivity index (χ1n) is 8.82. The molecule has 0 radical (unpaired) electrons. The van der Waals surface area contributed by atoms with Gasteiger partial charge in [0.15, 0.2) is 0 Å². The first kappa shape index (κ1) is 20.9. The van der Waals surface area contributed by atoms with Gasteiger partial charge in [-0.3, -0.25) is 4.79 Å². The monoisotopic (exact) mass is 394 g/mol. The van der Waals surface area contributed by atoms with Gasteiger partial charge < -0.3 is 14.6 Å². The maximum Gasteiger partial charge on any atom is 0.241 e. The lowest BCUT2D eigenvalue weighted by molar-refractivity contribution is -0.122. The van der Waals surface area contributed by atoms with Crippen LogP contribution in [0.1, 0.15) is 25.8 Å². The molecule has 2 N–H and O–H groups in total. The molecule has 0 saturated carbocycles. The van der Waals surface area contributed by atoms with Crippen molar-refractivity contribution in [3.63, 3.8) is 0 Å². The van der Waals surface area contributed by atoms with Crippen molar-refractivity contribution in [3.8, 4) is 5.75 Å². The topological polar surface area (TPSA) is 102 Å². The number of nitrogens with one attached hydrogen (secondary N) is 2. The molecule has 0 unspecified atom stereocenters. The van der Waals surface area contributed by atoms with E-state index in [9.17, 15) is 13.2 Å². The van der Waals surface area contributed by atoms with Crippen LogP contribution in [-0.4, -0.2) is 43.1 Å². The molecule has 0 aliphatic heterocycles. The number of sulfonamides is 1. The van der Waals surface area contributed by atoms with Crippen molar-refractivity contribution < 1.29 is 17.9 Å². The number of aryl methyl sites for hydroxylation is 2. The van der Waals surface area contributed by atoms with E-state index in [4.69, 9.17) is 4.74 Å². The van der Waals surface area contributed by atoms with Gasteiger partial charge in [0.25, 0.3) is 0 Å². The number of hydrogen-bond donors (Lipinski definition) is 2. The Hall–Kier alpha value is -2.39. The minimum absolute atomic E-state index is 0.100. The molecule has 1 atom stereocenters. The lowest BCUT2D eigenvalue weighted by atomic mass is 10.2. The molecule has 1 aromatic heterocycles. The van der Waals surface area contributed by atoms with Gasteiger partial charge in [0, 0.05) is 25.5 Å². The minimum Gasteiger partial charge on any atom is -0.494 e. The number of amides is 1. The van der Waals surface area contributed by atoms with Crippen molar-refractivity contribution in [1.82, 2.24) is 19.6 Å². The lowest BCUT2D eigenvalue weighted by Gasteiger charge is -2.15. The molecule has 1 aromatic carbocycles. The number of carbonyl (C=O) groups is 1. The highest BCUT2D eigenvalue weighted by atomic mass is 32.2. The summed E-state index contributed by atoms with van der Waals surface area (Å²) in [4.78, 5) is 16.2. The summed E-state index contributed by atoms with van der Waals surface area (Å²) in [6.07, 6.45) is 5.96. The van der Waals surface area contributed by atoms with Crippen molar-refractivity contribution in [1.29, 1.82) is 0 Å². The Labute approximate surface area is 160 Å². The number of benzene rings is 1. The van der Waals surface area contributed by atoms with Crippen LogP contribution in [0.25, 0.3) is 0 Å². The van der Waals surface area contributed by atoms with E-state index in [2.05, 4.69) is 15.0 Å². The van der Waals surface area contributed by atoms with Crippen molar-refractivity contribution in [2.24, 2.45) is 0 Å². The van der Waals surface area contributed by atoms with Crippen LogP contribution in [0, 0.1) is 6.92 Å². The van der Waals surface area contributed by atoms with Gasteiger partial charge in [-0.2, -0.15) is 4.72 Å². The lowest BCUT2D eigenvalue weighted by Crippen LogP contribution is -2.45. The van der Waals surface area contributed by atoms with E-state index in [0.717, 1.165) is 18.5 Å². The number of imidazole rings is 1. The standard InChI is InChI=1S/C18H26N4O4S/c1-4-26-17-7-6-16(12-14(17)2)27(24,25)21-15(3)18(23)20-8-5-10-22-11-9-19-13-22/h6-7,9,11-13,15,21H,4-5,8,10H2,1-3H3,(H,20,23)/t15-/m1/s1. The highest BCUT2D eigenvalue weighted by molar-refractivity contribution is 7.89. The average Bonchev–Trinajstić information content (AvgIpc) is 3.13. The van der Waals surface area contributed by atoms with Crippen LogP contribution in [0.5, 0.6) is 5.75 Å². The van der Waals surface area contributed by atoms with E-state index in [1.165, 1.54) is 19.1 Å². The second-order valence-electron chi connectivity index (χ2n) is 6.15. The molecule has 0 aliphatic rings. The largest absolute Gasteiger partial charge is 0.494 e. The Balaban J connectivity index is 1.87. The maximum atomic E-state index is 12.5. The average molecular weight is 394 g/mol. The number of carbonyl (C=O) groups excluding carboxylic acids is 1. The van der Waals surface area contributed by atoms with Crippen LogP contribution in [-0.2, 0) is 21.4 Å². The molecule has 0 aliphatic carbocycles. The number of rotatable bonds is 10. The van der Waals surface area contributed by atoms with E-state index < -0.39 is 16.1 Å². The fourth-order valence-corrected chi connectivity index (χ4v) is 3.79. The maximum absolute atomic E-state index is 12.5. The van der Waals surface area contributed by atoms with Crippen LogP contribution in [0.4, 0.5) is 0 Å². The fraction of sp³-hybridized carbons (Fsp3) is 0.444. The van der Waals surface area contributed by atoms with Crippen molar-refractivity contribution in [2.45, 2.75) is 44.7 Å². The van der Waals surface area contributed by atoms with Gasteiger partial charge in [0.05, 0.1) is 23.9 Å². The van der Waals surface area contributed by atoms with Crippen molar-refractivity contribution >= 4 is 15.9 Å². The summed E-state index contributed by atoms with van der Waals surface area (Å²) in [5.41, 5.74) is 0.719. The zero-order chi connectivity index (χ0) is 19.9. The Morgan fingerprint density at radius 1 is 1.37 bits per heavy atom. The highest BCUT2D eigenvalue weighted by Gasteiger charge is 2.22. The van der Waals surface area contributed by atoms with Gasteiger partial charge in [-0.25, -0.2) is 13.4 Å². The van der Waals surface area contributed by atoms with Crippen LogP contribution < -0.4 is 14.8 Å². The third-order valence-electron chi connectivity index (χ3n) is 3.93. The first-order valence-corrected chi connectivity index (χ1v) is 10.3. The Morgan fingerprint density at radius 3 is 2.78 bits per heavy atom. The summed E-state index contributed by atoms with van der Waals surface area (Å²) >= 11 is 0. The molecule has 27 heavy (non-hydrogen) atoms. The molecule has 1 amide bonds. The van der Waals surface area contributed by atoms with Gasteiger partial charge in [0.2, 0.25) is 15.9 Å². The summed E-state index contributed by atoms with van der Waals surface area (Å²) in [6, 6.07) is 3.74. The molecule has 0 bridgehead atoms. The Bertz CT molecular complexity index is 850. The normalized spacial score (nSPS) is 12.6. The second-order valence-corrected chi connectivity index (χ2v) is 7.86. The van der Waals surface area contributed by atoms with E-state index in [0.29, 0.717) is 18.9 Å². The molecule has 9 heteroatoms. The second kappa shape index (κ2) is 9.52. The summed E-state index contributed by atoms with van der Waals surface area (Å²) in [5, 5.41) is 2.74. The summed E-state index contributed by atoms with van der Waals surface area (Å²) < 4.78 is 34.8. The quantitative estimate of drug-likeness (QED) is 0.594. The molecule has 0 saturated heterocycles. The summed E-state index contributed by atoms with van der Waals surface area (Å²) in [7, 11) is -3.80. The molecular formula is C18H26N4O4S. The molecule has 2 rings (SSSR count). The van der Waals surface area contributed by atoms with Crippen LogP contribution >= 0.6 is 0 Å². The smallest absolute Gasteiger partial charge is 0.241 e. The van der Waals surface area contributed by atoms with Crippen LogP contribution in [0.15, 0.2) is 41.8 Å². The van der Waals surface area contributed by atoms with Gasteiger partial charge in [-0.05, 0) is 51.0 Å². The number of nitrogens with zero attached hydrogens (tertiary/aromatic N) is 2. The highest BCUT2D eigenvalue weighted by Crippen LogP contribution is 2.21. The minimum atomic E-state index is -3.80.